The van der Waals surface area contributed by atoms with E-state index in [9.17, 15) is 0 Å². The Morgan fingerprint density at radius 1 is 1.35 bits per heavy atom. The van der Waals surface area contributed by atoms with E-state index < -0.39 is 0 Å². The summed E-state index contributed by atoms with van der Waals surface area (Å²) in [4.78, 5) is 0. The van der Waals surface area contributed by atoms with Crippen LogP contribution in [0.25, 0.3) is 0 Å². The molecule has 1 heterocycles. The molecule has 0 unspecified atom stereocenters. The molecule has 0 amide bonds. The van der Waals surface area contributed by atoms with Crippen molar-refractivity contribution in [3.8, 4) is 5.75 Å². The number of ether oxygens (including phenoxy) is 1. The second kappa shape index (κ2) is 4.87. The largest absolute Gasteiger partial charge is 0.487 e. The van der Waals surface area contributed by atoms with Crippen molar-refractivity contribution >= 4 is 11.6 Å². The minimum Gasteiger partial charge on any atom is -0.487 e. The highest BCUT2D eigenvalue weighted by Crippen LogP contribution is 2.40. The Morgan fingerprint density at radius 2 is 2.12 bits per heavy atom. The molecule has 0 spiro atoms. The molecule has 0 radical (unpaired) electrons. The monoisotopic (exact) mass is 253 g/mol. The zero-order valence-corrected chi connectivity index (χ0v) is 11.3. The van der Waals surface area contributed by atoms with Crippen molar-refractivity contribution in [3.63, 3.8) is 0 Å². The third-order valence-electron chi connectivity index (χ3n) is 3.10. The highest BCUT2D eigenvalue weighted by atomic mass is 35.5. The molecule has 1 aliphatic rings. The number of hydrogen-bond acceptors (Lipinski definition) is 2. The van der Waals surface area contributed by atoms with Crippen LogP contribution in [0.5, 0.6) is 5.75 Å². The second-order valence-electron chi connectivity index (χ2n) is 5.34. The molecule has 0 aliphatic carbocycles. The molecule has 0 fully saturated rings. The standard InChI is InChI=1S/C14H20ClNO/c1-14(2)9-11-8-12(15)7-10(13(11)17-14)5-3-4-6-16/h7-8H,3-6,9,16H2,1-2H3. The van der Waals surface area contributed by atoms with Crippen LogP contribution in [-0.4, -0.2) is 12.1 Å². The van der Waals surface area contributed by atoms with Crippen LogP contribution in [0, 0.1) is 0 Å². The third kappa shape index (κ3) is 2.93. The van der Waals surface area contributed by atoms with Gasteiger partial charge in [0.1, 0.15) is 11.4 Å². The molecule has 2 N–H and O–H groups in total. The summed E-state index contributed by atoms with van der Waals surface area (Å²) in [5, 5.41) is 0.813. The first-order valence-corrected chi connectivity index (χ1v) is 6.60. The van der Waals surface area contributed by atoms with Gasteiger partial charge in [0.2, 0.25) is 0 Å². The number of fused-ring (bicyclic) bond motifs is 1. The zero-order chi connectivity index (χ0) is 12.5. The predicted molar refractivity (Wildman–Crippen MR) is 71.9 cm³/mol. The van der Waals surface area contributed by atoms with E-state index >= 15 is 0 Å². The van der Waals surface area contributed by atoms with Gasteiger partial charge in [0, 0.05) is 11.4 Å². The quantitative estimate of drug-likeness (QED) is 0.836. The first kappa shape index (κ1) is 12.7. The van der Waals surface area contributed by atoms with Crippen LogP contribution in [-0.2, 0) is 12.8 Å². The van der Waals surface area contributed by atoms with Crippen LogP contribution in [0.2, 0.25) is 5.02 Å². The van der Waals surface area contributed by atoms with Gasteiger partial charge in [0.15, 0.2) is 0 Å². The van der Waals surface area contributed by atoms with Gasteiger partial charge in [-0.1, -0.05) is 11.6 Å². The number of hydrogen-bond donors (Lipinski definition) is 1. The highest BCUT2D eigenvalue weighted by molar-refractivity contribution is 6.30. The molecule has 17 heavy (non-hydrogen) atoms. The summed E-state index contributed by atoms with van der Waals surface area (Å²) in [5.41, 5.74) is 7.89. The summed E-state index contributed by atoms with van der Waals surface area (Å²) in [5.74, 6) is 1.05. The van der Waals surface area contributed by atoms with Gasteiger partial charge in [0.05, 0.1) is 0 Å². The van der Waals surface area contributed by atoms with Gasteiger partial charge in [-0.15, -0.1) is 0 Å². The van der Waals surface area contributed by atoms with Crippen LogP contribution < -0.4 is 10.5 Å². The molecule has 1 aromatic rings. The predicted octanol–water partition coefficient (Wildman–Crippen LogP) is 3.33. The first-order valence-electron chi connectivity index (χ1n) is 6.22. The van der Waals surface area contributed by atoms with Gasteiger partial charge in [-0.05, 0) is 62.9 Å². The Bertz CT molecular complexity index is 415. The van der Waals surface area contributed by atoms with E-state index in [1.807, 2.05) is 12.1 Å². The minimum absolute atomic E-state index is 0.102. The molecule has 3 heteroatoms. The van der Waals surface area contributed by atoms with Crippen molar-refractivity contribution in [2.24, 2.45) is 5.73 Å². The van der Waals surface area contributed by atoms with E-state index in [1.54, 1.807) is 0 Å². The molecule has 0 saturated carbocycles. The van der Waals surface area contributed by atoms with Crippen molar-refractivity contribution in [1.82, 2.24) is 0 Å². The van der Waals surface area contributed by atoms with Crippen molar-refractivity contribution in [3.05, 3.63) is 28.3 Å². The average Bonchev–Trinajstić information content (AvgIpc) is 2.52. The number of halogens is 1. The van der Waals surface area contributed by atoms with Crippen LogP contribution in [0.15, 0.2) is 12.1 Å². The normalized spacial score (nSPS) is 16.7. The molecule has 94 valence electrons. The summed E-state index contributed by atoms with van der Waals surface area (Å²) in [6.45, 7) is 4.98. The number of benzene rings is 1. The summed E-state index contributed by atoms with van der Waals surface area (Å²) in [7, 11) is 0. The zero-order valence-electron chi connectivity index (χ0n) is 10.6. The summed E-state index contributed by atoms with van der Waals surface area (Å²) in [6, 6.07) is 4.05. The van der Waals surface area contributed by atoms with E-state index in [-0.39, 0.29) is 5.60 Å². The Kier molecular flexibility index (Phi) is 3.64. The Labute approximate surface area is 108 Å². The van der Waals surface area contributed by atoms with Gasteiger partial charge in [-0.2, -0.15) is 0 Å². The van der Waals surface area contributed by atoms with E-state index in [2.05, 4.69) is 13.8 Å². The maximum atomic E-state index is 6.15. The Hall–Kier alpha value is -0.730. The maximum Gasteiger partial charge on any atom is 0.126 e. The molecule has 0 aromatic heterocycles. The summed E-state index contributed by atoms with van der Waals surface area (Å²) >= 11 is 6.15. The van der Waals surface area contributed by atoms with Crippen molar-refractivity contribution in [2.75, 3.05) is 6.54 Å². The summed E-state index contributed by atoms with van der Waals surface area (Å²) < 4.78 is 6.02. The molecule has 1 aliphatic heterocycles. The van der Waals surface area contributed by atoms with Crippen LogP contribution in [0.3, 0.4) is 0 Å². The van der Waals surface area contributed by atoms with E-state index in [1.165, 1.54) is 11.1 Å². The van der Waals surface area contributed by atoms with Crippen LogP contribution in [0.1, 0.15) is 37.8 Å². The molecule has 1 aromatic carbocycles. The number of unbranched alkanes of at least 4 members (excludes halogenated alkanes) is 1. The second-order valence-corrected chi connectivity index (χ2v) is 5.77. The summed E-state index contributed by atoms with van der Waals surface area (Å²) in [6.07, 6.45) is 4.07. The van der Waals surface area contributed by atoms with Gasteiger partial charge >= 0.3 is 0 Å². The lowest BCUT2D eigenvalue weighted by Gasteiger charge is -2.18. The highest BCUT2D eigenvalue weighted by Gasteiger charge is 2.31. The van der Waals surface area contributed by atoms with Crippen molar-refractivity contribution in [2.45, 2.75) is 45.1 Å². The van der Waals surface area contributed by atoms with E-state index in [0.717, 1.165) is 43.0 Å². The third-order valence-corrected chi connectivity index (χ3v) is 3.32. The molecule has 2 nitrogen and oxygen atoms in total. The maximum absolute atomic E-state index is 6.15. The fourth-order valence-corrected chi connectivity index (χ4v) is 2.65. The fourth-order valence-electron chi connectivity index (χ4n) is 2.39. The lowest BCUT2D eigenvalue weighted by molar-refractivity contribution is 0.137. The van der Waals surface area contributed by atoms with Crippen LogP contribution in [0.4, 0.5) is 0 Å². The lowest BCUT2D eigenvalue weighted by Crippen LogP contribution is -2.24. The van der Waals surface area contributed by atoms with E-state index in [0.29, 0.717) is 0 Å². The smallest absolute Gasteiger partial charge is 0.126 e. The van der Waals surface area contributed by atoms with Crippen LogP contribution >= 0.6 is 11.6 Å². The Morgan fingerprint density at radius 3 is 2.82 bits per heavy atom. The van der Waals surface area contributed by atoms with Gasteiger partial charge in [0.25, 0.3) is 0 Å². The number of rotatable bonds is 4. The lowest BCUT2D eigenvalue weighted by atomic mass is 9.99. The van der Waals surface area contributed by atoms with Gasteiger partial charge in [-0.25, -0.2) is 0 Å². The van der Waals surface area contributed by atoms with Gasteiger partial charge in [-0.3, -0.25) is 0 Å². The minimum atomic E-state index is -0.102. The topological polar surface area (TPSA) is 35.2 Å². The molecule has 0 saturated heterocycles. The Balaban J connectivity index is 2.22. The number of aryl methyl sites for hydroxylation is 1. The fraction of sp³-hybridized carbons (Fsp3) is 0.571. The first-order chi connectivity index (χ1) is 8.02. The molecular formula is C14H20ClNO. The number of nitrogens with two attached hydrogens (primary N) is 1. The molecular weight excluding hydrogens is 234 g/mol. The molecule has 2 rings (SSSR count). The van der Waals surface area contributed by atoms with E-state index in [4.69, 9.17) is 22.1 Å². The molecule has 0 bridgehead atoms. The van der Waals surface area contributed by atoms with Crippen molar-refractivity contribution < 1.29 is 4.74 Å². The van der Waals surface area contributed by atoms with Gasteiger partial charge < -0.3 is 10.5 Å². The SMILES string of the molecule is CC1(C)Cc2cc(Cl)cc(CCCCN)c2O1. The molecule has 0 atom stereocenters. The van der Waals surface area contributed by atoms with Crippen molar-refractivity contribution in [1.29, 1.82) is 0 Å². The average molecular weight is 254 g/mol.